The van der Waals surface area contributed by atoms with Crippen LogP contribution in [0.4, 0.5) is 0 Å². The van der Waals surface area contributed by atoms with Gasteiger partial charge in [0.2, 0.25) is 0 Å². The van der Waals surface area contributed by atoms with E-state index in [1.165, 1.54) is 0 Å². The van der Waals surface area contributed by atoms with Crippen molar-refractivity contribution in [1.29, 1.82) is 0 Å². The summed E-state index contributed by atoms with van der Waals surface area (Å²) in [6.07, 6.45) is 0. The third-order valence-electron chi connectivity index (χ3n) is 0.301. The zero-order chi connectivity index (χ0) is 4.99. The predicted molar refractivity (Wildman–Crippen MR) is 35.6 cm³/mol. The van der Waals surface area contributed by atoms with Gasteiger partial charge in [0.25, 0.3) is 0 Å². The standard InChI is InChI=1S/C3H8NPS/c1-3(6)4-5-2/h5H,1-2H3,(H,4,6). The minimum atomic E-state index is 0.747. The summed E-state index contributed by atoms with van der Waals surface area (Å²) in [5.41, 5.74) is 0. The topological polar surface area (TPSA) is 12.0 Å². The zero-order valence-electron chi connectivity index (χ0n) is 3.91. The molecule has 1 atom stereocenters. The molecular weight excluding hydrogens is 113 g/mol. The van der Waals surface area contributed by atoms with Gasteiger partial charge in [-0.25, -0.2) is 0 Å². The summed E-state index contributed by atoms with van der Waals surface area (Å²) >= 11 is 4.69. The predicted octanol–water partition coefficient (Wildman–Crippen LogP) is 1.15. The van der Waals surface area contributed by atoms with Crippen molar-refractivity contribution >= 4 is 25.9 Å². The molecule has 0 radical (unpaired) electrons. The van der Waals surface area contributed by atoms with E-state index in [-0.39, 0.29) is 0 Å². The van der Waals surface area contributed by atoms with Crippen molar-refractivity contribution < 1.29 is 0 Å². The third kappa shape index (κ3) is 4.32. The highest BCUT2D eigenvalue weighted by Gasteiger charge is 1.73. The van der Waals surface area contributed by atoms with E-state index in [1.54, 1.807) is 0 Å². The van der Waals surface area contributed by atoms with Crippen molar-refractivity contribution in [3.8, 4) is 0 Å². The summed E-state index contributed by atoms with van der Waals surface area (Å²) in [6.45, 7) is 3.93. The highest BCUT2D eigenvalue weighted by Crippen LogP contribution is 1.90. The van der Waals surface area contributed by atoms with E-state index in [9.17, 15) is 0 Å². The molecule has 0 aromatic carbocycles. The molecule has 0 bridgehead atoms. The minimum absolute atomic E-state index is 0.747. The highest BCUT2D eigenvalue weighted by molar-refractivity contribution is 7.80. The summed E-state index contributed by atoms with van der Waals surface area (Å²) in [6, 6.07) is 0. The third-order valence-corrected chi connectivity index (χ3v) is 1.21. The van der Waals surface area contributed by atoms with Crippen LogP contribution >= 0.6 is 20.9 Å². The fourth-order valence-corrected chi connectivity index (χ4v) is 0.834. The lowest BCUT2D eigenvalue weighted by atomic mass is 10.8. The second kappa shape index (κ2) is 3.51. The lowest BCUT2D eigenvalue weighted by Gasteiger charge is -1.92. The average Bonchev–Trinajstić information content (AvgIpc) is 1.35. The fraction of sp³-hybridized carbons (Fsp3) is 0.667. The van der Waals surface area contributed by atoms with Crippen LogP contribution < -0.4 is 5.09 Å². The maximum Gasteiger partial charge on any atom is 0.0752 e. The normalized spacial score (nSPS) is 9.67. The number of nitrogens with one attached hydrogen (secondary N) is 1. The molecule has 1 nitrogen and oxygen atoms in total. The van der Waals surface area contributed by atoms with Crippen LogP contribution in [0.3, 0.4) is 0 Å². The maximum atomic E-state index is 4.69. The van der Waals surface area contributed by atoms with E-state index in [0.717, 1.165) is 13.7 Å². The van der Waals surface area contributed by atoms with Crippen LogP contribution in [0.5, 0.6) is 0 Å². The van der Waals surface area contributed by atoms with Gasteiger partial charge < -0.3 is 5.09 Å². The molecule has 1 N–H and O–H groups in total. The van der Waals surface area contributed by atoms with Crippen LogP contribution in [0.25, 0.3) is 0 Å². The highest BCUT2D eigenvalue weighted by atomic mass is 32.1. The molecule has 0 heterocycles. The molecule has 0 rings (SSSR count). The molecule has 0 aliphatic carbocycles. The largest absolute Gasteiger partial charge is 0.362 e. The first-order valence-electron chi connectivity index (χ1n) is 1.70. The molecule has 0 aliphatic rings. The van der Waals surface area contributed by atoms with Gasteiger partial charge in [0.05, 0.1) is 4.99 Å². The van der Waals surface area contributed by atoms with Crippen LogP contribution in [0.1, 0.15) is 6.92 Å². The molecule has 0 saturated heterocycles. The molecule has 3 heteroatoms. The second-order valence-corrected chi connectivity index (χ2v) is 2.29. The molecular formula is C3H8NPS. The second-order valence-electron chi connectivity index (χ2n) is 0.931. The summed E-state index contributed by atoms with van der Waals surface area (Å²) in [5.74, 6) is 0. The Morgan fingerprint density at radius 3 is 2.33 bits per heavy atom. The van der Waals surface area contributed by atoms with Gasteiger partial charge in [0.15, 0.2) is 0 Å². The molecule has 0 fully saturated rings. The van der Waals surface area contributed by atoms with Crippen molar-refractivity contribution in [2.24, 2.45) is 0 Å². The van der Waals surface area contributed by atoms with E-state index in [4.69, 9.17) is 12.2 Å². The van der Waals surface area contributed by atoms with Crippen molar-refractivity contribution in [1.82, 2.24) is 5.09 Å². The molecule has 0 amide bonds. The van der Waals surface area contributed by atoms with E-state index >= 15 is 0 Å². The molecule has 0 aromatic heterocycles. The monoisotopic (exact) mass is 121 g/mol. The number of thiocarbonyl (C=S) groups is 1. The van der Waals surface area contributed by atoms with Crippen LogP contribution in [0.2, 0.25) is 0 Å². The maximum absolute atomic E-state index is 4.69. The van der Waals surface area contributed by atoms with Gasteiger partial charge >= 0.3 is 0 Å². The SMILES string of the molecule is CPNC(C)=S. The summed E-state index contributed by atoms with van der Waals surface area (Å²) in [4.78, 5) is 0.885. The van der Waals surface area contributed by atoms with E-state index in [2.05, 4.69) is 11.8 Å². The van der Waals surface area contributed by atoms with Gasteiger partial charge in [-0.15, -0.1) is 0 Å². The van der Waals surface area contributed by atoms with Crippen molar-refractivity contribution in [2.75, 3.05) is 6.66 Å². The van der Waals surface area contributed by atoms with Crippen molar-refractivity contribution in [3.05, 3.63) is 0 Å². The van der Waals surface area contributed by atoms with Crippen molar-refractivity contribution in [2.45, 2.75) is 6.92 Å². The molecule has 0 aliphatic heterocycles. The van der Waals surface area contributed by atoms with Crippen LogP contribution in [-0.2, 0) is 0 Å². The quantitative estimate of drug-likeness (QED) is 0.412. The molecule has 1 unspecified atom stereocenters. The van der Waals surface area contributed by atoms with Gasteiger partial charge in [0.1, 0.15) is 0 Å². The van der Waals surface area contributed by atoms with Crippen molar-refractivity contribution in [3.63, 3.8) is 0 Å². The molecule has 6 heavy (non-hydrogen) atoms. The first-order chi connectivity index (χ1) is 2.77. The Labute approximate surface area is 45.3 Å². The molecule has 0 saturated carbocycles. The summed E-state index contributed by atoms with van der Waals surface area (Å²) in [5, 5.41) is 2.97. The fourth-order valence-electron chi connectivity index (χ4n) is 0.176. The Bertz CT molecular complexity index is 54.8. The number of hydrogen-bond acceptors (Lipinski definition) is 1. The number of rotatable bonds is 1. The first-order valence-corrected chi connectivity index (χ1v) is 3.61. The Morgan fingerprint density at radius 1 is 1.83 bits per heavy atom. The van der Waals surface area contributed by atoms with E-state index in [0.29, 0.717) is 0 Å². The van der Waals surface area contributed by atoms with E-state index in [1.807, 2.05) is 6.92 Å². The Kier molecular flexibility index (Phi) is 3.70. The van der Waals surface area contributed by atoms with Gasteiger partial charge in [-0.2, -0.15) is 0 Å². The summed E-state index contributed by atoms with van der Waals surface area (Å²) < 4.78 is 0. The molecule has 36 valence electrons. The van der Waals surface area contributed by atoms with E-state index < -0.39 is 0 Å². The van der Waals surface area contributed by atoms with Crippen LogP contribution in [0.15, 0.2) is 0 Å². The van der Waals surface area contributed by atoms with Gasteiger partial charge in [-0.3, -0.25) is 0 Å². The Morgan fingerprint density at radius 2 is 2.33 bits per heavy atom. The first kappa shape index (κ1) is 6.32. The lowest BCUT2D eigenvalue weighted by molar-refractivity contribution is 1.53. The molecule has 0 spiro atoms. The minimum Gasteiger partial charge on any atom is -0.362 e. The average molecular weight is 121 g/mol. The van der Waals surface area contributed by atoms with Crippen LogP contribution in [-0.4, -0.2) is 11.7 Å². The summed E-state index contributed by atoms with van der Waals surface area (Å²) in [7, 11) is 0.747. The Hall–Kier alpha value is 0.320. The van der Waals surface area contributed by atoms with Gasteiger partial charge in [-0.1, -0.05) is 12.2 Å². The Balaban J connectivity index is 2.83. The number of hydrogen-bond donors (Lipinski definition) is 1. The lowest BCUT2D eigenvalue weighted by Crippen LogP contribution is -2.03. The van der Waals surface area contributed by atoms with Crippen LogP contribution in [0, 0.1) is 0 Å². The molecule has 0 aromatic rings. The van der Waals surface area contributed by atoms with Gasteiger partial charge in [-0.05, 0) is 22.3 Å². The van der Waals surface area contributed by atoms with Gasteiger partial charge in [0, 0.05) is 0 Å². The smallest absolute Gasteiger partial charge is 0.0752 e. The zero-order valence-corrected chi connectivity index (χ0v) is 5.72.